The molecule has 0 unspecified atom stereocenters. The number of para-hydroxylation sites is 1. The maximum Gasteiger partial charge on any atom is 0.0756 e. The first-order valence-corrected chi connectivity index (χ1v) is 5.11. The van der Waals surface area contributed by atoms with Crippen molar-refractivity contribution in [1.29, 1.82) is 0 Å². The molecule has 78 valence electrons. The molecule has 15 heavy (non-hydrogen) atoms. The number of nitrogen functional groups attached to an aromatic ring is 1. The first-order valence-electron chi connectivity index (χ1n) is 5.11. The highest BCUT2D eigenvalue weighted by Crippen LogP contribution is 2.29. The fourth-order valence-electron chi connectivity index (χ4n) is 1.86. The van der Waals surface area contributed by atoms with E-state index in [4.69, 9.17) is 5.73 Å². The predicted octanol–water partition coefficient (Wildman–Crippen LogP) is 2.42. The summed E-state index contributed by atoms with van der Waals surface area (Å²) >= 11 is 0. The molecule has 1 aromatic carbocycles. The van der Waals surface area contributed by atoms with Gasteiger partial charge in [-0.2, -0.15) is 0 Å². The number of hydrogen-bond donors (Lipinski definition) is 2. The lowest BCUT2D eigenvalue weighted by molar-refractivity contribution is 1.14. The van der Waals surface area contributed by atoms with Gasteiger partial charge in [0, 0.05) is 12.4 Å². The molecule has 3 heteroatoms. The standard InChI is InChI=1S/C12H15N3/c1-3-8-5-4-6-9-11(8)15-7-10(13)12(9)14-2/h4-7H,3,13H2,1-2H3,(H,14,15). The van der Waals surface area contributed by atoms with Gasteiger partial charge in [-0.25, -0.2) is 0 Å². The Hall–Kier alpha value is -1.77. The van der Waals surface area contributed by atoms with E-state index in [0.717, 1.165) is 23.0 Å². The van der Waals surface area contributed by atoms with Gasteiger partial charge in [-0.3, -0.25) is 4.98 Å². The maximum absolute atomic E-state index is 5.86. The molecular formula is C12H15N3. The molecule has 0 aliphatic rings. The minimum Gasteiger partial charge on any atom is -0.396 e. The molecule has 0 aliphatic carbocycles. The van der Waals surface area contributed by atoms with Crippen molar-refractivity contribution in [3.63, 3.8) is 0 Å². The maximum atomic E-state index is 5.86. The lowest BCUT2D eigenvalue weighted by Crippen LogP contribution is -1.99. The summed E-state index contributed by atoms with van der Waals surface area (Å²) in [5.41, 5.74) is 9.82. The van der Waals surface area contributed by atoms with Gasteiger partial charge in [0.05, 0.1) is 23.1 Å². The van der Waals surface area contributed by atoms with Crippen LogP contribution < -0.4 is 11.1 Å². The van der Waals surface area contributed by atoms with Crippen molar-refractivity contribution in [2.45, 2.75) is 13.3 Å². The fourth-order valence-corrected chi connectivity index (χ4v) is 1.86. The zero-order valence-corrected chi connectivity index (χ0v) is 9.04. The van der Waals surface area contributed by atoms with Crippen molar-refractivity contribution >= 4 is 22.3 Å². The van der Waals surface area contributed by atoms with Crippen LogP contribution in [0.3, 0.4) is 0 Å². The van der Waals surface area contributed by atoms with Crippen LogP contribution in [0.1, 0.15) is 12.5 Å². The Labute approximate surface area is 89.3 Å². The number of fused-ring (bicyclic) bond motifs is 1. The van der Waals surface area contributed by atoms with E-state index in [1.165, 1.54) is 5.56 Å². The smallest absolute Gasteiger partial charge is 0.0756 e. The van der Waals surface area contributed by atoms with Gasteiger partial charge >= 0.3 is 0 Å². The Morgan fingerprint density at radius 1 is 1.40 bits per heavy atom. The van der Waals surface area contributed by atoms with Crippen molar-refractivity contribution < 1.29 is 0 Å². The number of nitrogens with one attached hydrogen (secondary N) is 1. The zero-order valence-electron chi connectivity index (χ0n) is 9.04. The number of hydrogen-bond acceptors (Lipinski definition) is 3. The van der Waals surface area contributed by atoms with E-state index in [-0.39, 0.29) is 0 Å². The molecule has 0 radical (unpaired) electrons. The minimum absolute atomic E-state index is 0.693. The van der Waals surface area contributed by atoms with E-state index in [1.807, 2.05) is 19.2 Å². The molecule has 0 aliphatic heterocycles. The number of aromatic nitrogens is 1. The van der Waals surface area contributed by atoms with E-state index in [0.29, 0.717) is 5.69 Å². The van der Waals surface area contributed by atoms with Gasteiger partial charge in [0.25, 0.3) is 0 Å². The number of nitrogens with two attached hydrogens (primary N) is 1. The highest BCUT2D eigenvalue weighted by Gasteiger charge is 2.06. The van der Waals surface area contributed by atoms with E-state index < -0.39 is 0 Å². The molecule has 3 nitrogen and oxygen atoms in total. The molecule has 1 heterocycles. The lowest BCUT2D eigenvalue weighted by atomic mass is 10.1. The van der Waals surface area contributed by atoms with Crippen molar-refractivity contribution in [1.82, 2.24) is 4.98 Å². The van der Waals surface area contributed by atoms with E-state index in [9.17, 15) is 0 Å². The van der Waals surface area contributed by atoms with Gasteiger partial charge in [0.2, 0.25) is 0 Å². The number of benzene rings is 1. The second-order valence-corrected chi connectivity index (χ2v) is 3.51. The van der Waals surface area contributed by atoms with Crippen LogP contribution in [-0.4, -0.2) is 12.0 Å². The molecular weight excluding hydrogens is 186 g/mol. The van der Waals surface area contributed by atoms with Crippen LogP contribution in [-0.2, 0) is 6.42 Å². The summed E-state index contributed by atoms with van der Waals surface area (Å²) in [4.78, 5) is 4.40. The number of anilines is 2. The zero-order chi connectivity index (χ0) is 10.8. The number of pyridine rings is 1. The topological polar surface area (TPSA) is 50.9 Å². The van der Waals surface area contributed by atoms with Crippen molar-refractivity contribution in [2.75, 3.05) is 18.1 Å². The summed E-state index contributed by atoms with van der Waals surface area (Å²) in [5.74, 6) is 0. The Balaban J connectivity index is 2.82. The van der Waals surface area contributed by atoms with Crippen LogP contribution in [0.4, 0.5) is 11.4 Å². The fraction of sp³-hybridized carbons (Fsp3) is 0.250. The monoisotopic (exact) mass is 201 g/mol. The summed E-state index contributed by atoms with van der Waals surface area (Å²) < 4.78 is 0. The average Bonchev–Trinajstić information content (AvgIpc) is 2.28. The third-order valence-corrected chi connectivity index (χ3v) is 2.64. The molecule has 0 fully saturated rings. The molecule has 2 aromatic rings. The van der Waals surface area contributed by atoms with E-state index >= 15 is 0 Å². The van der Waals surface area contributed by atoms with E-state index in [1.54, 1.807) is 6.20 Å². The summed E-state index contributed by atoms with van der Waals surface area (Å²) in [5, 5.41) is 4.22. The van der Waals surface area contributed by atoms with Crippen molar-refractivity contribution in [3.05, 3.63) is 30.0 Å². The Morgan fingerprint density at radius 3 is 2.87 bits per heavy atom. The van der Waals surface area contributed by atoms with Gasteiger partial charge in [-0.05, 0) is 12.0 Å². The van der Waals surface area contributed by atoms with Crippen LogP contribution in [0.5, 0.6) is 0 Å². The molecule has 0 bridgehead atoms. The second kappa shape index (κ2) is 3.77. The third-order valence-electron chi connectivity index (χ3n) is 2.64. The van der Waals surface area contributed by atoms with Crippen LogP contribution in [0.25, 0.3) is 10.9 Å². The summed E-state index contributed by atoms with van der Waals surface area (Å²) in [6.07, 6.45) is 2.70. The normalized spacial score (nSPS) is 10.5. The molecule has 0 amide bonds. The van der Waals surface area contributed by atoms with Gasteiger partial charge in [0.15, 0.2) is 0 Å². The first kappa shape index (κ1) is 9.77. The molecule has 0 atom stereocenters. The lowest BCUT2D eigenvalue weighted by Gasteiger charge is -2.10. The van der Waals surface area contributed by atoms with Gasteiger partial charge in [-0.15, -0.1) is 0 Å². The molecule has 3 N–H and O–H groups in total. The first-order chi connectivity index (χ1) is 7.27. The average molecular weight is 201 g/mol. The Bertz CT molecular complexity index is 491. The number of rotatable bonds is 2. The molecule has 0 saturated heterocycles. The van der Waals surface area contributed by atoms with Gasteiger partial charge in [0.1, 0.15) is 0 Å². The van der Waals surface area contributed by atoms with Crippen LogP contribution >= 0.6 is 0 Å². The summed E-state index contributed by atoms with van der Waals surface area (Å²) in [6.45, 7) is 2.13. The number of aryl methyl sites for hydroxylation is 1. The molecule has 0 spiro atoms. The minimum atomic E-state index is 0.693. The van der Waals surface area contributed by atoms with Crippen molar-refractivity contribution in [3.8, 4) is 0 Å². The van der Waals surface area contributed by atoms with Crippen LogP contribution in [0.2, 0.25) is 0 Å². The molecule has 0 saturated carbocycles. The summed E-state index contributed by atoms with van der Waals surface area (Å²) in [6, 6.07) is 6.19. The quantitative estimate of drug-likeness (QED) is 0.784. The third kappa shape index (κ3) is 1.50. The van der Waals surface area contributed by atoms with E-state index in [2.05, 4.69) is 23.3 Å². The Morgan fingerprint density at radius 2 is 2.20 bits per heavy atom. The van der Waals surface area contributed by atoms with Crippen LogP contribution in [0.15, 0.2) is 24.4 Å². The summed E-state index contributed by atoms with van der Waals surface area (Å²) in [7, 11) is 1.88. The SMILES string of the molecule is CCc1cccc2c(NC)c(N)cnc12. The highest BCUT2D eigenvalue weighted by atomic mass is 14.9. The predicted molar refractivity (Wildman–Crippen MR) is 65.1 cm³/mol. The van der Waals surface area contributed by atoms with Crippen molar-refractivity contribution in [2.24, 2.45) is 0 Å². The highest BCUT2D eigenvalue weighted by molar-refractivity contribution is 5.98. The second-order valence-electron chi connectivity index (χ2n) is 3.51. The molecule has 2 rings (SSSR count). The van der Waals surface area contributed by atoms with Crippen LogP contribution in [0, 0.1) is 0 Å². The van der Waals surface area contributed by atoms with Gasteiger partial charge < -0.3 is 11.1 Å². The number of nitrogens with zero attached hydrogens (tertiary/aromatic N) is 1. The molecule has 1 aromatic heterocycles. The Kier molecular flexibility index (Phi) is 2.46. The largest absolute Gasteiger partial charge is 0.396 e. The van der Waals surface area contributed by atoms with Gasteiger partial charge in [-0.1, -0.05) is 25.1 Å².